The van der Waals surface area contributed by atoms with Gasteiger partial charge < -0.3 is 9.72 Å². The van der Waals surface area contributed by atoms with Gasteiger partial charge >= 0.3 is 5.97 Å². The molecule has 6 heteroatoms. The molecule has 1 N–H and O–H groups in total. The van der Waals surface area contributed by atoms with Crippen molar-refractivity contribution >= 4 is 29.1 Å². The van der Waals surface area contributed by atoms with Crippen molar-refractivity contribution in [2.45, 2.75) is 13.3 Å². The fourth-order valence-corrected chi connectivity index (χ4v) is 2.91. The van der Waals surface area contributed by atoms with Gasteiger partial charge in [0.15, 0.2) is 4.77 Å². The van der Waals surface area contributed by atoms with Crippen molar-refractivity contribution in [3.05, 3.63) is 68.7 Å². The number of carbonyl (C=O) groups is 1. The van der Waals surface area contributed by atoms with E-state index < -0.39 is 5.97 Å². The van der Waals surface area contributed by atoms with Crippen molar-refractivity contribution in [3.8, 4) is 5.69 Å². The molecule has 1 heterocycles. The first-order valence-corrected chi connectivity index (χ1v) is 7.92. The van der Waals surface area contributed by atoms with E-state index in [2.05, 4.69) is 11.9 Å². The number of aromatic amines is 1. The molecular weight excluding hydrogens is 324 g/mol. The van der Waals surface area contributed by atoms with Crippen LogP contribution < -0.4 is 5.56 Å². The maximum Gasteiger partial charge on any atom is 0.337 e. The lowest BCUT2D eigenvalue weighted by Crippen LogP contribution is -2.20. The highest BCUT2D eigenvalue weighted by Crippen LogP contribution is 2.15. The van der Waals surface area contributed by atoms with Gasteiger partial charge in [-0.1, -0.05) is 19.1 Å². The van der Waals surface area contributed by atoms with Crippen LogP contribution in [0.5, 0.6) is 0 Å². The number of methoxy groups -OCH3 is 1. The van der Waals surface area contributed by atoms with Crippen LogP contribution in [0.1, 0.15) is 22.8 Å². The van der Waals surface area contributed by atoms with Crippen molar-refractivity contribution in [2.75, 3.05) is 7.11 Å². The molecule has 24 heavy (non-hydrogen) atoms. The molecule has 3 aromatic rings. The lowest BCUT2D eigenvalue weighted by molar-refractivity contribution is 0.0601. The molecule has 0 atom stereocenters. The molecule has 5 nitrogen and oxygen atoms in total. The number of H-pyrrole nitrogens is 1. The maximum atomic E-state index is 12.9. The summed E-state index contributed by atoms with van der Waals surface area (Å²) in [6, 6.07) is 12.4. The molecular formula is C18H16N2O3S. The highest BCUT2D eigenvalue weighted by atomic mass is 32.1. The average Bonchev–Trinajstić information content (AvgIpc) is 2.60. The predicted octanol–water partition coefficient (Wildman–Crippen LogP) is 3.40. The Morgan fingerprint density at radius 1 is 1.25 bits per heavy atom. The van der Waals surface area contributed by atoms with E-state index in [1.807, 2.05) is 24.3 Å². The number of hydrogen-bond donors (Lipinski definition) is 1. The summed E-state index contributed by atoms with van der Waals surface area (Å²) in [7, 11) is 1.31. The van der Waals surface area contributed by atoms with Crippen LogP contribution in [0.4, 0.5) is 0 Å². The van der Waals surface area contributed by atoms with Gasteiger partial charge in [0.05, 0.1) is 29.3 Å². The Kier molecular flexibility index (Phi) is 4.31. The van der Waals surface area contributed by atoms with Crippen LogP contribution in [0, 0.1) is 4.77 Å². The van der Waals surface area contributed by atoms with Gasteiger partial charge in [-0.3, -0.25) is 9.36 Å². The van der Waals surface area contributed by atoms with Crippen molar-refractivity contribution in [1.29, 1.82) is 0 Å². The van der Waals surface area contributed by atoms with Crippen LogP contribution in [0.25, 0.3) is 16.6 Å². The second kappa shape index (κ2) is 6.41. The molecule has 0 bridgehead atoms. The zero-order chi connectivity index (χ0) is 17.3. The van der Waals surface area contributed by atoms with Crippen LogP contribution >= 0.6 is 12.2 Å². The molecule has 0 radical (unpaired) electrons. The van der Waals surface area contributed by atoms with Crippen LogP contribution in [-0.2, 0) is 11.2 Å². The van der Waals surface area contributed by atoms with Gasteiger partial charge in [0.2, 0.25) is 0 Å². The Labute approximate surface area is 143 Å². The molecule has 2 aromatic carbocycles. The molecule has 0 saturated carbocycles. The topological polar surface area (TPSA) is 64.1 Å². The number of esters is 1. The van der Waals surface area contributed by atoms with Crippen LogP contribution in [0.15, 0.2) is 47.3 Å². The first-order chi connectivity index (χ1) is 11.5. The summed E-state index contributed by atoms with van der Waals surface area (Å²) in [6.07, 6.45) is 0.870. The minimum Gasteiger partial charge on any atom is -0.465 e. The number of nitrogens with one attached hydrogen (secondary N) is 1. The quantitative estimate of drug-likeness (QED) is 0.586. The summed E-state index contributed by atoms with van der Waals surface area (Å²) in [5.74, 6) is -0.462. The van der Waals surface area contributed by atoms with Crippen molar-refractivity contribution in [1.82, 2.24) is 9.55 Å². The Balaban J connectivity index is 2.26. The highest BCUT2D eigenvalue weighted by Gasteiger charge is 2.11. The van der Waals surface area contributed by atoms with E-state index in [1.165, 1.54) is 11.7 Å². The molecule has 1 aromatic heterocycles. The second-order valence-electron chi connectivity index (χ2n) is 5.35. The van der Waals surface area contributed by atoms with Gasteiger partial charge in [0, 0.05) is 0 Å². The number of benzene rings is 2. The summed E-state index contributed by atoms with van der Waals surface area (Å²) in [5.41, 5.74) is 2.49. The number of carbonyl (C=O) groups excluding carboxylic acids is 1. The van der Waals surface area contributed by atoms with Gasteiger partial charge in [0.25, 0.3) is 5.56 Å². The third-order valence-electron chi connectivity index (χ3n) is 3.90. The van der Waals surface area contributed by atoms with Crippen molar-refractivity contribution in [3.63, 3.8) is 0 Å². The number of nitrogens with zero attached hydrogens (tertiary/aromatic N) is 1. The average molecular weight is 340 g/mol. The van der Waals surface area contributed by atoms with E-state index in [-0.39, 0.29) is 10.3 Å². The molecule has 0 unspecified atom stereocenters. The molecule has 0 aliphatic carbocycles. The predicted molar refractivity (Wildman–Crippen MR) is 95.4 cm³/mol. The van der Waals surface area contributed by atoms with Crippen molar-refractivity contribution in [2.24, 2.45) is 0 Å². The van der Waals surface area contributed by atoms with Gasteiger partial charge in [-0.05, 0) is 54.5 Å². The molecule has 0 amide bonds. The van der Waals surface area contributed by atoms with Crippen LogP contribution in [0.3, 0.4) is 0 Å². The minimum absolute atomic E-state index is 0.224. The molecule has 0 aliphatic rings. The van der Waals surface area contributed by atoms with Gasteiger partial charge in [-0.2, -0.15) is 0 Å². The zero-order valence-electron chi connectivity index (χ0n) is 13.3. The number of hydrogen-bond acceptors (Lipinski definition) is 4. The summed E-state index contributed by atoms with van der Waals surface area (Å²) in [5, 5.41) is 0.457. The molecule has 0 aliphatic heterocycles. The van der Waals surface area contributed by atoms with Gasteiger partial charge in [-0.25, -0.2) is 4.79 Å². The molecule has 122 valence electrons. The highest BCUT2D eigenvalue weighted by molar-refractivity contribution is 7.71. The molecule has 0 saturated heterocycles. The van der Waals surface area contributed by atoms with E-state index in [0.29, 0.717) is 16.5 Å². The zero-order valence-corrected chi connectivity index (χ0v) is 14.1. The van der Waals surface area contributed by atoms with Gasteiger partial charge in [-0.15, -0.1) is 0 Å². The molecule has 3 rings (SSSR count). The minimum atomic E-state index is -0.462. The van der Waals surface area contributed by atoms with E-state index in [0.717, 1.165) is 17.7 Å². The Morgan fingerprint density at radius 3 is 2.75 bits per heavy atom. The molecule has 0 spiro atoms. The third kappa shape index (κ3) is 2.76. The maximum absolute atomic E-state index is 12.9. The van der Waals surface area contributed by atoms with Crippen molar-refractivity contribution < 1.29 is 9.53 Å². The summed E-state index contributed by atoms with van der Waals surface area (Å²) < 4.78 is 6.45. The first-order valence-electron chi connectivity index (χ1n) is 7.52. The summed E-state index contributed by atoms with van der Waals surface area (Å²) in [6.45, 7) is 2.05. The number of ether oxygens (including phenoxy) is 1. The molecule has 0 fully saturated rings. The normalized spacial score (nSPS) is 10.8. The fourth-order valence-electron chi connectivity index (χ4n) is 2.61. The van der Waals surface area contributed by atoms with E-state index in [4.69, 9.17) is 17.0 Å². The van der Waals surface area contributed by atoms with Crippen LogP contribution in [0.2, 0.25) is 0 Å². The SMILES string of the molecule is CCc1cccc(-n2c(=S)[nH]c3cc(C(=O)OC)ccc3c2=O)c1. The third-order valence-corrected chi connectivity index (χ3v) is 4.18. The second-order valence-corrected chi connectivity index (χ2v) is 5.73. The monoisotopic (exact) mass is 340 g/mol. The summed E-state index contributed by atoms with van der Waals surface area (Å²) in [4.78, 5) is 27.5. The van der Waals surface area contributed by atoms with E-state index in [1.54, 1.807) is 18.2 Å². The van der Waals surface area contributed by atoms with Gasteiger partial charge in [0.1, 0.15) is 0 Å². The lowest BCUT2D eigenvalue weighted by atomic mass is 10.1. The largest absolute Gasteiger partial charge is 0.465 e. The fraction of sp³-hybridized carbons (Fsp3) is 0.167. The van der Waals surface area contributed by atoms with E-state index >= 15 is 0 Å². The Hall–Kier alpha value is -2.73. The smallest absolute Gasteiger partial charge is 0.337 e. The number of aromatic nitrogens is 2. The Morgan fingerprint density at radius 2 is 2.04 bits per heavy atom. The number of aryl methyl sites for hydroxylation is 1. The number of fused-ring (bicyclic) bond motifs is 1. The van der Waals surface area contributed by atoms with Crippen LogP contribution in [-0.4, -0.2) is 22.6 Å². The lowest BCUT2D eigenvalue weighted by Gasteiger charge is -2.10. The Bertz CT molecular complexity index is 1050. The first kappa shape index (κ1) is 16.1. The standard InChI is InChI=1S/C18H16N2O3S/c1-3-11-5-4-6-13(9-11)20-16(21)14-8-7-12(17(22)23-2)10-15(14)19-18(20)24/h4-10H,3H2,1-2H3,(H,19,24). The summed E-state index contributed by atoms with van der Waals surface area (Å²) >= 11 is 5.36. The number of rotatable bonds is 3. The van der Waals surface area contributed by atoms with E-state index in [9.17, 15) is 9.59 Å².